The van der Waals surface area contributed by atoms with E-state index in [1.165, 1.54) is 12.8 Å². The third-order valence-electron chi connectivity index (χ3n) is 4.44. The van der Waals surface area contributed by atoms with Gasteiger partial charge in [-0.1, -0.05) is 20.8 Å². The van der Waals surface area contributed by atoms with Gasteiger partial charge >= 0.3 is 5.97 Å². The van der Waals surface area contributed by atoms with Gasteiger partial charge in [0.15, 0.2) is 0 Å². The summed E-state index contributed by atoms with van der Waals surface area (Å²) in [5, 5.41) is 9.20. The third-order valence-corrected chi connectivity index (χ3v) is 4.44. The molecule has 1 atom stereocenters. The second-order valence-electron chi connectivity index (χ2n) is 6.56. The highest BCUT2D eigenvalue weighted by molar-refractivity contribution is 5.92. The molecule has 1 fully saturated rings. The predicted molar refractivity (Wildman–Crippen MR) is 82.7 cm³/mol. The Bertz CT molecular complexity index is 683. The summed E-state index contributed by atoms with van der Waals surface area (Å²) in [5.74, 6) is 1.95. The van der Waals surface area contributed by atoms with Gasteiger partial charge in [0.1, 0.15) is 5.82 Å². The highest BCUT2D eigenvalue weighted by atomic mass is 16.4. The van der Waals surface area contributed by atoms with Crippen molar-refractivity contribution in [3.8, 4) is 0 Å². The lowest BCUT2D eigenvalue weighted by Crippen LogP contribution is -2.13. The Morgan fingerprint density at radius 1 is 1.38 bits per heavy atom. The monoisotopic (exact) mass is 286 g/mol. The van der Waals surface area contributed by atoms with Gasteiger partial charge in [-0.25, -0.2) is 9.78 Å². The van der Waals surface area contributed by atoms with Gasteiger partial charge < -0.3 is 9.67 Å². The molecule has 1 N–H and O–H groups in total. The second-order valence-corrected chi connectivity index (χ2v) is 6.56. The first-order chi connectivity index (χ1) is 9.97. The Hall–Kier alpha value is -1.84. The Labute approximate surface area is 124 Å². The average Bonchev–Trinajstić information content (AvgIpc) is 3.22. The van der Waals surface area contributed by atoms with E-state index in [0.717, 1.165) is 29.3 Å². The topological polar surface area (TPSA) is 55.1 Å². The maximum Gasteiger partial charge on any atom is 0.335 e. The Morgan fingerprint density at radius 3 is 2.67 bits per heavy atom. The molecule has 21 heavy (non-hydrogen) atoms. The molecule has 2 aromatic rings. The number of carboxylic acids is 1. The van der Waals surface area contributed by atoms with Crippen LogP contribution in [0.5, 0.6) is 0 Å². The zero-order chi connectivity index (χ0) is 15.1. The van der Waals surface area contributed by atoms with Crippen molar-refractivity contribution >= 4 is 17.0 Å². The van der Waals surface area contributed by atoms with E-state index in [1.807, 2.05) is 6.07 Å². The molecule has 4 nitrogen and oxygen atoms in total. The molecule has 1 heterocycles. The van der Waals surface area contributed by atoms with E-state index in [2.05, 4.69) is 25.3 Å². The van der Waals surface area contributed by atoms with E-state index in [-0.39, 0.29) is 0 Å². The lowest BCUT2D eigenvalue weighted by Gasteiger charge is -2.16. The summed E-state index contributed by atoms with van der Waals surface area (Å²) in [6.07, 6.45) is 2.65. The molecular weight excluding hydrogens is 264 g/mol. The summed E-state index contributed by atoms with van der Waals surface area (Å²) >= 11 is 0. The van der Waals surface area contributed by atoms with Crippen LogP contribution in [0.3, 0.4) is 0 Å². The van der Waals surface area contributed by atoms with Crippen molar-refractivity contribution in [1.82, 2.24) is 9.55 Å². The first-order valence-electron chi connectivity index (χ1n) is 7.71. The van der Waals surface area contributed by atoms with E-state index in [1.54, 1.807) is 12.1 Å². The smallest absolute Gasteiger partial charge is 0.335 e. The van der Waals surface area contributed by atoms with Crippen LogP contribution in [-0.2, 0) is 6.54 Å². The van der Waals surface area contributed by atoms with Crippen molar-refractivity contribution in [3.63, 3.8) is 0 Å². The number of aromatic nitrogens is 2. The van der Waals surface area contributed by atoms with Crippen LogP contribution in [0, 0.1) is 11.8 Å². The highest BCUT2D eigenvalue weighted by Crippen LogP contribution is 2.38. The lowest BCUT2D eigenvalue weighted by atomic mass is 10.1. The average molecular weight is 286 g/mol. The van der Waals surface area contributed by atoms with Crippen LogP contribution in [-0.4, -0.2) is 20.6 Å². The molecule has 3 rings (SSSR count). The number of aromatic carboxylic acids is 1. The van der Waals surface area contributed by atoms with Crippen molar-refractivity contribution in [2.45, 2.75) is 46.1 Å². The summed E-state index contributed by atoms with van der Waals surface area (Å²) in [6.45, 7) is 7.49. The fraction of sp³-hybridized carbons (Fsp3) is 0.529. The fourth-order valence-electron chi connectivity index (χ4n) is 3.01. The first-order valence-corrected chi connectivity index (χ1v) is 7.71. The fourth-order valence-corrected chi connectivity index (χ4v) is 3.01. The molecule has 4 heteroatoms. The Kier molecular flexibility index (Phi) is 3.47. The molecule has 1 aromatic carbocycles. The number of carboxylic acid groups (broad SMARTS) is 1. The summed E-state index contributed by atoms with van der Waals surface area (Å²) < 4.78 is 2.23. The summed E-state index contributed by atoms with van der Waals surface area (Å²) in [4.78, 5) is 15.9. The largest absolute Gasteiger partial charge is 0.478 e. The quantitative estimate of drug-likeness (QED) is 0.906. The minimum Gasteiger partial charge on any atom is -0.478 e. The summed E-state index contributed by atoms with van der Waals surface area (Å²) in [6, 6.07) is 5.22. The predicted octanol–water partition coefficient (Wildman–Crippen LogP) is 3.90. The maximum absolute atomic E-state index is 11.2. The number of hydrogen-bond acceptors (Lipinski definition) is 2. The molecule has 0 radical (unpaired) electrons. The SMILES string of the molecule is CC(C)c1nc2ccc(C(=O)O)cc2n1CC(C)C1CC1. The van der Waals surface area contributed by atoms with Crippen LogP contribution in [0.2, 0.25) is 0 Å². The van der Waals surface area contributed by atoms with E-state index in [9.17, 15) is 9.90 Å². The van der Waals surface area contributed by atoms with Gasteiger partial charge in [0.05, 0.1) is 16.6 Å². The van der Waals surface area contributed by atoms with E-state index in [4.69, 9.17) is 4.98 Å². The van der Waals surface area contributed by atoms with Crippen LogP contribution in [0.1, 0.15) is 55.7 Å². The molecule has 0 spiro atoms. The molecule has 0 aliphatic heterocycles. The van der Waals surface area contributed by atoms with Crippen molar-refractivity contribution in [1.29, 1.82) is 0 Å². The number of imidazole rings is 1. The zero-order valence-corrected chi connectivity index (χ0v) is 12.8. The number of hydrogen-bond donors (Lipinski definition) is 1. The van der Waals surface area contributed by atoms with Gasteiger partial charge in [-0.3, -0.25) is 0 Å². The van der Waals surface area contributed by atoms with Gasteiger partial charge in [0.2, 0.25) is 0 Å². The van der Waals surface area contributed by atoms with E-state index >= 15 is 0 Å². The molecule has 0 bridgehead atoms. The summed E-state index contributed by atoms with van der Waals surface area (Å²) in [5.41, 5.74) is 2.18. The number of nitrogens with zero attached hydrogens (tertiary/aromatic N) is 2. The van der Waals surface area contributed by atoms with E-state index in [0.29, 0.717) is 17.4 Å². The summed E-state index contributed by atoms with van der Waals surface area (Å²) in [7, 11) is 0. The minimum absolute atomic E-state index is 0.331. The second kappa shape index (κ2) is 5.17. The Balaban J connectivity index is 2.09. The molecule has 1 unspecified atom stereocenters. The van der Waals surface area contributed by atoms with Gasteiger partial charge in [-0.2, -0.15) is 0 Å². The number of fused-ring (bicyclic) bond motifs is 1. The third kappa shape index (κ3) is 2.67. The van der Waals surface area contributed by atoms with Crippen LogP contribution in [0.15, 0.2) is 18.2 Å². The maximum atomic E-state index is 11.2. The molecule has 1 aliphatic carbocycles. The first kappa shape index (κ1) is 14.1. The van der Waals surface area contributed by atoms with E-state index < -0.39 is 5.97 Å². The molecule has 0 saturated heterocycles. The van der Waals surface area contributed by atoms with Gasteiger partial charge in [0, 0.05) is 12.5 Å². The number of benzene rings is 1. The van der Waals surface area contributed by atoms with Crippen molar-refractivity contribution < 1.29 is 9.90 Å². The van der Waals surface area contributed by atoms with Crippen LogP contribution in [0.4, 0.5) is 0 Å². The number of rotatable bonds is 5. The highest BCUT2D eigenvalue weighted by Gasteiger charge is 2.29. The van der Waals surface area contributed by atoms with Crippen LogP contribution in [0.25, 0.3) is 11.0 Å². The number of carbonyl (C=O) groups is 1. The van der Waals surface area contributed by atoms with Gasteiger partial charge in [0.25, 0.3) is 0 Å². The molecule has 1 saturated carbocycles. The molecule has 1 aliphatic rings. The van der Waals surface area contributed by atoms with Crippen LogP contribution < -0.4 is 0 Å². The van der Waals surface area contributed by atoms with Crippen molar-refractivity contribution in [2.24, 2.45) is 11.8 Å². The molecule has 112 valence electrons. The van der Waals surface area contributed by atoms with Crippen molar-refractivity contribution in [3.05, 3.63) is 29.6 Å². The zero-order valence-electron chi connectivity index (χ0n) is 12.8. The van der Waals surface area contributed by atoms with Gasteiger partial charge in [-0.15, -0.1) is 0 Å². The van der Waals surface area contributed by atoms with Crippen molar-refractivity contribution in [2.75, 3.05) is 0 Å². The standard InChI is InChI=1S/C17H22N2O2/c1-10(2)16-18-14-7-6-13(17(20)21)8-15(14)19(16)9-11(3)12-4-5-12/h6-8,10-12H,4-5,9H2,1-3H3,(H,20,21). The lowest BCUT2D eigenvalue weighted by molar-refractivity contribution is 0.0697. The minimum atomic E-state index is -0.883. The Morgan fingerprint density at radius 2 is 2.10 bits per heavy atom. The molecular formula is C17H22N2O2. The van der Waals surface area contributed by atoms with Crippen LogP contribution >= 0.6 is 0 Å². The molecule has 1 aromatic heterocycles. The molecule has 0 amide bonds. The van der Waals surface area contributed by atoms with Gasteiger partial charge in [-0.05, 0) is 42.9 Å². The normalized spacial score (nSPS) is 16.6.